The molecular formula is C23H26N4O5S. The van der Waals surface area contributed by atoms with Crippen LogP contribution in [0.4, 0.5) is 0 Å². The van der Waals surface area contributed by atoms with E-state index in [0.717, 1.165) is 11.3 Å². The topological polar surface area (TPSA) is 115 Å². The number of rotatable bonds is 8. The SMILES string of the molecule is CCOc1ccc(-c2noc(CNC(=O)[C@@H]3CCCN(S(=O)(=O)c4ccccc4)C3)n2)cc1. The summed E-state index contributed by atoms with van der Waals surface area (Å²) in [6.45, 7) is 3.12. The molecule has 0 spiro atoms. The third-order valence-corrected chi connectivity index (χ3v) is 7.32. The zero-order chi connectivity index (χ0) is 23.3. The van der Waals surface area contributed by atoms with Gasteiger partial charge in [-0.3, -0.25) is 4.79 Å². The van der Waals surface area contributed by atoms with E-state index in [0.29, 0.717) is 31.8 Å². The second kappa shape index (κ2) is 10.1. The van der Waals surface area contributed by atoms with E-state index in [9.17, 15) is 13.2 Å². The number of nitrogens with zero attached hydrogens (tertiary/aromatic N) is 3. The number of hydrogen-bond acceptors (Lipinski definition) is 7. The lowest BCUT2D eigenvalue weighted by Gasteiger charge is -2.31. The maximum Gasteiger partial charge on any atom is 0.246 e. The number of nitrogens with one attached hydrogen (secondary N) is 1. The van der Waals surface area contributed by atoms with Crippen molar-refractivity contribution < 1.29 is 22.5 Å². The molecule has 9 nitrogen and oxygen atoms in total. The Hall–Kier alpha value is -3.24. The van der Waals surface area contributed by atoms with Crippen LogP contribution in [-0.4, -0.2) is 48.5 Å². The first kappa shape index (κ1) is 22.9. The van der Waals surface area contributed by atoms with Gasteiger partial charge in [0, 0.05) is 18.7 Å². The predicted molar refractivity (Wildman–Crippen MR) is 121 cm³/mol. The maximum atomic E-state index is 12.9. The van der Waals surface area contributed by atoms with Gasteiger partial charge in [-0.1, -0.05) is 23.4 Å². The number of hydrogen-bond donors (Lipinski definition) is 1. The van der Waals surface area contributed by atoms with Crippen LogP contribution < -0.4 is 10.1 Å². The molecule has 1 aliphatic rings. The van der Waals surface area contributed by atoms with Crippen LogP contribution in [0.2, 0.25) is 0 Å². The number of carbonyl (C=O) groups is 1. The number of aromatic nitrogens is 2. The van der Waals surface area contributed by atoms with Gasteiger partial charge in [0.05, 0.1) is 24.0 Å². The molecule has 1 fully saturated rings. The largest absolute Gasteiger partial charge is 0.494 e. The summed E-state index contributed by atoms with van der Waals surface area (Å²) in [5.74, 6) is 0.777. The Morgan fingerprint density at radius 1 is 1.18 bits per heavy atom. The molecule has 0 unspecified atom stereocenters. The molecule has 2 heterocycles. The van der Waals surface area contributed by atoms with Gasteiger partial charge in [-0.05, 0) is 56.2 Å². The van der Waals surface area contributed by atoms with Crippen molar-refractivity contribution in [3.05, 3.63) is 60.5 Å². The van der Waals surface area contributed by atoms with E-state index in [4.69, 9.17) is 9.26 Å². The summed E-state index contributed by atoms with van der Waals surface area (Å²) in [5.41, 5.74) is 0.772. The minimum atomic E-state index is -3.63. The Labute approximate surface area is 192 Å². The second-order valence-corrected chi connectivity index (χ2v) is 9.64. The van der Waals surface area contributed by atoms with E-state index in [-0.39, 0.29) is 29.8 Å². The minimum Gasteiger partial charge on any atom is -0.494 e. The van der Waals surface area contributed by atoms with Crippen LogP contribution in [0.3, 0.4) is 0 Å². The van der Waals surface area contributed by atoms with E-state index >= 15 is 0 Å². The lowest BCUT2D eigenvalue weighted by Crippen LogP contribution is -2.45. The lowest BCUT2D eigenvalue weighted by molar-refractivity contribution is -0.126. The average molecular weight is 471 g/mol. The standard InChI is InChI=1S/C23H26N4O5S/c1-2-31-19-12-10-17(11-13-19)22-25-21(32-26-22)15-24-23(28)18-7-6-14-27(16-18)33(29,30)20-8-4-3-5-9-20/h3-5,8-13,18H,2,6-7,14-16H2,1H3,(H,24,28)/t18-/m1/s1. The van der Waals surface area contributed by atoms with Gasteiger partial charge < -0.3 is 14.6 Å². The highest BCUT2D eigenvalue weighted by Gasteiger charge is 2.33. The zero-order valence-electron chi connectivity index (χ0n) is 18.3. The summed E-state index contributed by atoms with van der Waals surface area (Å²) in [7, 11) is -3.63. The molecule has 33 heavy (non-hydrogen) atoms. The molecule has 0 aliphatic carbocycles. The van der Waals surface area contributed by atoms with E-state index in [1.165, 1.54) is 4.31 Å². The van der Waals surface area contributed by atoms with Gasteiger partial charge in [0.15, 0.2) is 0 Å². The highest BCUT2D eigenvalue weighted by atomic mass is 32.2. The summed E-state index contributed by atoms with van der Waals surface area (Å²) >= 11 is 0. The monoisotopic (exact) mass is 470 g/mol. The number of piperidine rings is 1. The first-order valence-electron chi connectivity index (χ1n) is 10.9. The summed E-state index contributed by atoms with van der Waals surface area (Å²) in [6, 6.07) is 15.6. The molecule has 1 atom stereocenters. The van der Waals surface area contributed by atoms with Crippen molar-refractivity contribution in [2.75, 3.05) is 19.7 Å². The van der Waals surface area contributed by atoms with Crippen LogP contribution in [0.1, 0.15) is 25.7 Å². The Kier molecular flexibility index (Phi) is 7.05. The molecule has 0 saturated carbocycles. The van der Waals surface area contributed by atoms with Crippen LogP contribution in [0.5, 0.6) is 5.75 Å². The Balaban J connectivity index is 1.34. The quantitative estimate of drug-likeness (QED) is 0.538. The van der Waals surface area contributed by atoms with Crippen molar-refractivity contribution >= 4 is 15.9 Å². The molecule has 2 aromatic carbocycles. The van der Waals surface area contributed by atoms with Crippen molar-refractivity contribution in [3.8, 4) is 17.1 Å². The highest BCUT2D eigenvalue weighted by Crippen LogP contribution is 2.24. The third-order valence-electron chi connectivity index (χ3n) is 5.44. The Bertz CT molecular complexity index is 1180. The van der Waals surface area contributed by atoms with E-state index in [2.05, 4.69) is 15.5 Å². The Morgan fingerprint density at radius 2 is 1.94 bits per heavy atom. The fraction of sp³-hybridized carbons (Fsp3) is 0.348. The van der Waals surface area contributed by atoms with Gasteiger partial charge in [-0.2, -0.15) is 9.29 Å². The van der Waals surface area contributed by atoms with Crippen molar-refractivity contribution in [2.24, 2.45) is 5.92 Å². The molecule has 10 heteroatoms. The molecule has 1 amide bonds. The van der Waals surface area contributed by atoms with Gasteiger partial charge in [0.2, 0.25) is 27.6 Å². The third kappa shape index (κ3) is 5.40. The minimum absolute atomic E-state index is 0.0742. The number of amides is 1. The van der Waals surface area contributed by atoms with Gasteiger partial charge in [-0.15, -0.1) is 0 Å². The molecule has 3 aromatic rings. The van der Waals surface area contributed by atoms with Gasteiger partial charge in [0.25, 0.3) is 0 Å². The fourth-order valence-corrected chi connectivity index (χ4v) is 5.28. The molecule has 1 saturated heterocycles. The van der Waals surface area contributed by atoms with E-state index in [1.54, 1.807) is 30.3 Å². The normalized spacial score (nSPS) is 16.9. The van der Waals surface area contributed by atoms with Crippen molar-refractivity contribution in [3.63, 3.8) is 0 Å². The molecule has 1 N–H and O–H groups in total. The molecule has 1 aliphatic heterocycles. The number of ether oxygens (including phenoxy) is 1. The van der Waals surface area contributed by atoms with Crippen molar-refractivity contribution in [1.29, 1.82) is 0 Å². The highest BCUT2D eigenvalue weighted by molar-refractivity contribution is 7.89. The predicted octanol–water partition coefficient (Wildman–Crippen LogP) is 2.85. The van der Waals surface area contributed by atoms with E-state index in [1.807, 2.05) is 31.2 Å². The summed E-state index contributed by atoms with van der Waals surface area (Å²) in [5, 5.41) is 6.76. The average Bonchev–Trinajstić information content (AvgIpc) is 3.33. The van der Waals surface area contributed by atoms with E-state index < -0.39 is 15.9 Å². The summed E-state index contributed by atoms with van der Waals surface area (Å²) < 4.78 is 37.8. The van der Waals surface area contributed by atoms with Gasteiger partial charge in [-0.25, -0.2) is 8.42 Å². The van der Waals surface area contributed by atoms with Crippen molar-refractivity contribution in [1.82, 2.24) is 19.8 Å². The van der Waals surface area contributed by atoms with Gasteiger partial charge in [0.1, 0.15) is 5.75 Å². The molecule has 174 valence electrons. The molecule has 4 rings (SSSR count). The first-order valence-corrected chi connectivity index (χ1v) is 12.3. The van der Waals surface area contributed by atoms with Crippen LogP contribution in [0, 0.1) is 5.92 Å². The molecule has 1 aromatic heterocycles. The summed E-state index contributed by atoms with van der Waals surface area (Å²) in [6.07, 6.45) is 1.24. The maximum absolute atomic E-state index is 12.9. The first-order chi connectivity index (χ1) is 16.0. The zero-order valence-corrected chi connectivity index (χ0v) is 19.1. The second-order valence-electron chi connectivity index (χ2n) is 7.70. The van der Waals surface area contributed by atoms with Crippen LogP contribution >= 0.6 is 0 Å². The van der Waals surface area contributed by atoms with Crippen LogP contribution in [0.25, 0.3) is 11.4 Å². The number of sulfonamides is 1. The fourth-order valence-electron chi connectivity index (χ4n) is 3.73. The van der Waals surface area contributed by atoms with Crippen molar-refractivity contribution in [2.45, 2.75) is 31.2 Å². The van der Waals surface area contributed by atoms with Crippen LogP contribution in [0.15, 0.2) is 64.0 Å². The van der Waals surface area contributed by atoms with Gasteiger partial charge >= 0.3 is 0 Å². The smallest absolute Gasteiger partial charge is 0.246 e. The molecule has 0 radical (unpaired) electrons. The molecule has 0 bridgehead atoms. The Morgan fingerprint density at radius 3 is 2.67 bits per heavy atom. The van der Waals surface area contributed by atoms with Crippen LogP contribution in [-0.2, 0) is 21.4 Å². The molecular weight excluding hydrogens is 444 g/mol. The lowest BCUT2D eigenvalue weighted by atomic mass is 9.99. The summed E-state index contributed by atoms with van der Waals surface area (Å²) in [4.78, 5) is 17.3. The number of benzene rings is 2. The number of carbonyl (C=O) groups excluding carboxylic acids is 1.